The second-order valence-electron chi connectivity index (χ2n) is 10.5. The highest BCUT2D eigenvalue weighted by Crippen LogP contribution is 2.28. The van der Waals surface area contributed by atoms with Gasteiger partial charge in [-0.25, -0.2) is 8.42 Å². The van der Waals surface area contributed by atoms with E-state index in [0.29, 0.717) is 17.3 Å². The minimum Gasteiger partial charge on any atom is -0.355 e. The number of hydrogen-bond donors (Lipinski definition) is 1. The minimum absolute atomic E-state index is 0.00368. The Morgan fingerprint density at radius 1 is 0.864 bits per heavy atom. The number of carbonyl (C=O) groups excluding carboxylic acids is 2. The van der Waals surface area contributed by atoms with Crippen LogP contribution in [0.25, 0.3) is 0 Å². The van der Waals surface area contributed by atoms with Gasteiger partial charge in [-0.3, -0.25) is 13.9 Å². The molecule has 0 aliphatic rings. The summed E-state index contributed by atoms with van der Waals surface area (Å²) in [6.07, 6.45) is 0.250. The summed E-state index contributed by atoms with van der Waals surface area (Å²) in [6.45, 7) is 5.59. The third-order valence-corrected chi connectivity index (χ3v) is 9.86. The average molecular weight is 697 g/mol. The summed E-state index contributed by atoms with van der Waals surface area (Å²) in [5.74, 6) is -0.842. The number of rotatable bonds is 12. The first-order valence-corrected chi connectivity index (χ1v) is 16.8. The molecule has 0 aromatic heterocycles. The molecule has 1 N–H and O–H groups in total. The molecule has 0 aliphatic heterocycles. The van der Waals surface area contributed by atoms with E-state index >= 15 is 0 Å². The molecule has 0 fully saturated rings. The van der Waals surface area contributed by atoms with Crippen LogP contribution >= 0.6 is 27.5 Å². The zero-order valence-corrected chi connectivity index (χ0v) is 28.0. The molecule has 230 valence electrons. The molecule has 44 heavy (non-hydrogen) atoms. The summed E-state index contributed by atoms with van der Waals surface area (Å²) in [7, 11) is -4.20. The fourth-order valence-corrected chi connectivity index (χ4v) is 6.80. The second-order valence-corrected chi connectivity index (χ2v) is 13.7. The Morgan fingerprint density at radius 2 is 1.55 bits per heavy atom. The molecule has 0 aliphatic carbocycles. The third kappa shape index (κ3) is 8.28. The van der Waals surface area contributed by atoms with Crippen molar-refractivity contribution in [2.75, 3.05) is 17.4 Å². The number of nitrogens with zero attached hydrogens (tertiary/aromatic N) is 2. The quantitative estimate of drug-likeness (QED) is 0.179. The molecule has 0 heterocycles. The maximum atomic E-state index is 14.4. The van der Waals surface area contributed by atoms with Crippen molar-refractivity contribution in [3.63, 3.8) is 0 Å². The Balaban J connectivity index is 1.81. The first-order valence-electron chi connectivity index (χ1n) is 14.2. The molecule has 2 amide bonds. The molecular weight excluding hydrogens is 662 g/mol. The van der Waals surface area contributed by atoms with Crippen molar-refractivity contribution < 1.29 is 18.0 Å². The van der Waals surface area contributed by atoms with Crippen molar-refractivity contribution in [3.8, 4) is 0 Å². The van der Waals surface area contributed by atoms with Crippen LogP contribution in [-0.2, 0) is 32.6 Å². The molecular formula is C34H35BrClN3O4S. The van der Waals surface area contributed by atoms with Crippen LogP contribution in [0, 0.1) is 13.8 Å². The number of sulfonamides is 1. The van der Waals surface area contributed by atoms with Gasteiger partial charge < -0.3 is 10.2 Å². The lowest BCUT2D eigenvalue weighted by atomic mass is 10.0. The maximum absolute atomic E-state index is 14.4. The first-order chi connectivity index (χ1) is 21.0. The van der Waals surface area contributed by atoms with E-state index in [1.807, 2.05) is 81.4 Å². The molecule has 0 bridgehead atoms. The van der Waals surface area contributed by atoms with Crippen molar-refractivity contribution >= 4 is 55.1 Å². The van der Waals surface area contributed by atoms with Crippen LogP contribution in [-0.4, -0.2) is 44.3 Å². The van der Waals surface area contributed by atoms with Gasteiger partial charge in [-0.2, -0.15) is 0 Å². The number of benzene rings is 4. The van der Waals surface area contributed by atoms with E-state index in [-0.39, 0.29) is 23.8 Å². The summed E-state index contributed by atoms with van der Waals surface area (Å²) in [5.41, 5.74) is 3.86. The molecule has 0 spiro atoms. The third-order valence-electron chi connectivity index (χ3n) is 7.32. The zero-order chi connectivity index (χ0) is 31.9. The topological polar surface area (TPSA) is 86.8 Å². The van der Waals surface area contributed by atoms with Crippen LogP contribution in [0.1, 0.15) is 29.2 Å². The van der Waals surface area contributed by atoms with Crippen LogP contribution in [0.4, 0.5) is 5.69 Å². The highest BCUT2D eigenvalue weighted by Gasteiger charge is 2.34. The minimum atomic E-state index is -4.20. The van der Waals surface area contributed by atoms with E-state index in [2.05, 4.69) is 21.2 Å². The number of carbonyl (C=O) groups is 2. The van der Waals surface area contributed by atoms with Crippen LogP contribution in [0.15, 0.2) is 106 Å². The number of likely N-dealkylation sites (N-methyl/N-ethyl adjacent to an activating group) is 1. The van der Waals surface area contributed by atoms with E-state index in [9.17, 15) is 18.0 Å². The average Bonchev–Trinajstić information content (AvgIpc) is 3.00. The lowest BCUT2D eigenvalue weighted by Gasteiger charge is -2.34. The van der Waals surface area contributed by atoms with Crippen molar-refractivity contribution in [1.29, 1.82) is 0 Å². The lowest BCUT2D eigenvalue weighted by molar-refractivity contribution is -0.140. The highest BCUT2D eigenvalue weighted by atomic mass is 79.9. The van der Waals surface area contributed by atoms with Crippen LogP contribution in [0.2, 0.25) is 5.02 Å². The Kier molecular flexibility index (Phi) is 11.2. The standard InChI is InChI=1S/C34H35BrClN3O4S/c1-4-37-34(41)32(21-26-9-6-5-7-10-26)38(22-27-11-8-12-28(35)20-27)33(40)23-39(30-16-13-24(2)25(3)19-30)44(42,43)31-17-14-29(36)15-18-31/h5-20,32H,4,21-23H2,1-3H3,(H,37,41). The lowest BCUT2D eigenvalue weighted by Crippen LogP contribution is -2.53. The van der Waals surface area contributed by atoms with E-state index in [1.54, 1.807) is 12.1 Å². The number of nitrogens with one attached hydrogen (secondary N) is 1. The zero-order valence-electron chi connectivity index (χ0n) is 24.8. The first kappa shape index (κ1) is 33.2. The maximum Gasteiger partial charge on any atom is 0.264 e. The number of halogens is 2. The van der Waals surface area contributed by atoms with Crippen molar-refractivity contribution in [2.45, 2.75) is 44.7 Å². The van der Waals surface area contributed by atoms with Gasteiger partial charge in [0.25, 0.3) is 10.0 Å². The van der Waals surface area contributed by atoms with Gasteiger partial charge >= 0.3 is 0 Å². The van der Waals surface area contributed by atoms with Crippen molar-refractivity contribution in [3.05, 3.63) is 129 Å². The fraction of sp³-hybridized carbons (Fsp3) is 0.235. The van der Waals surface area contributed by atoms with Gasteiger partial charge in [0.2, 0.25) is 11.8 Å². The summed E-state index contributed by atoms with van der Waals surface area (Å²) < 4.78 is 30.2. The van der Waals surface area contributed by atoms with E-state index < -0.39 is 28.5 Å². The summed E-state index contributed by atoms with van der Waals surface area (Å²) in [6, 6.07) is 27.1. The largest absolute Gasteiger partial charge is 0.355 e. The fourth-order valence-electron chi connectivity index (χ4n) is 4.82. The molecule has 1 atom stereocenters. The monoisotopic (exact) mass is 695 g/mol. The summed E-state index contributed by atoms with van der Waals surface area (Å²) in [5, 5.41) is 3.26. The molecule has 1 unspecified atom stereocenters. The van der Waals surface area contributed by atoms with Gasteiger partial charge in [-0.1, -0.05) is 76.1 Å². The number of anilines is 1. The molecule has 0 radical (unpaired) electrons. The van der Waals surface area contributed by atoms with Crippen LogP contribution in [0.5, 0.6) is 0 Å². The van der Waals surface area contributed by atoms with Crippen molar-refractivity contribution in [2.24, 2.45) is 0 Å². The van der Waals surface area contributed by atoms with Gasteiger partial charge in [-0.05, 0) is 91.6 Å². The Hall–Kier alpha value is -3.66. The molecule has 0 saturated carbocycles. The molecule has 4 aromatic carbocycles. The van der Waals surface area contributed by atoms with E-state index in [0.717, 1.165) is 31.0 Å². The van der Waals surface area contributed by atoms with Gasteiger partial charge in [0, 0.05) is 29.0 Å². The number of aryl methyl sites for hydroxylation is 2. The second kappa shape index (κ2) is 14.9. The molecule has 4 aromatic rings. The number of hydrogen-bond acceptors (Lipinski definition) is 4. The molecule has 7 nitrogen and oxygen atoms in total. The summed E-state index contributed by atoms with van der Waals surface area (Å²) >= 11 is 9.55. The van der Waals surface area contributed by atoms with Crippen molar-refractivity contribution in [1.82, 2.24) is 10.2 Å². The van der Waals surface area contributed by atoms with Gasteiger partial charge in [-0.15, -0.1) is 0 Å². The smallest absolute Gasteiger partial charge is 0.264 e. The summed E-state index contributed by atoms with van der Waals surface area (Å²) in [4.78, 5) is 29.5. The van der Waals surface area contributed by atoms with Crippen LogP contribution < -0.4 is 9.62 Å². The SMILES string of the molecule is CCNC(=O)C(Cc1ccccc1)N(Cc1cccc(Br)c1)C(=O)CN(c1ccc(C)c(C)c1)S(=O)(=O)c1ccc(Cl)cc1. The normalized spacial score (nSPS) is 11.9. The molecule has 4 rings (SSSR count). The Labute approximate surface area is 273 Å². The van der Waals surface area contributed by atoms with Gasteiger partial charge in [0.1, 0.15) is 12.6 Å². The van der Waals surface area contributed by atoms with Gasteiger partial charge in [0.15, 0.2) is 0 Å². The predicted octanol–water partition coefficient (Wildman–Crippen LogP) is 6.69. The van der Waals surface area contributed by atoms with Crippen LogP contribution in [0.3, 0.4) is 0 Å². The predicted molar refractivity (Wildman–Crippen MR) is 179 cm³/mol. The van der Waals surface area contributed by atoms with E-state index in [4.69, 9.17) is 11.6 Å². The molecule has 0 saturated heterocycles. The number of amides is 2. The Bertz CT molecular complexity index is 1720. The highest BCUT2D eigenvalue weighted by molar-refractivity contribution is 9.10. The molecule has 10 heteroatoms. The van der Waals surface area contributed by atoms with E-state index in [1.165, 1.54) is 29.2 Å². The van der Waals surface area contributed by atoms with Gasteiger partial charge in [0.05, 0.1) is 10.6 Å². The Morgan fingerprint density at radius 3 is 2.18 bits per heavy atom.